The summed E-state index contributed by atoms with van der Waals surface area (Å²) in [6.07, 6.45) is 3.72. The molecule has 1 aromatic rings. The monoisotopic (exact) mass is 230 g/mol. The van der Waals surface area contributed by atoms with Gasteiger partial charge < -0.3 is 10.1 Å². The van der Waals surface area contributed by atoms with E-state index in [9.17, 15) is 0 Å². The predicted molar refractivity (Wildman–Crippen MR) is 66.8 cm³/mol. The van der Waals surface area contributed by atoms with Crippen LogP contribution in [0.4, 0.5) is 0 Å². The number of nitrogens with zero attached hydrogens (tertiary/aromatic N) is 1. The average Bonchev–Trinajstić information content (AvgIpc) is 2.39. The lowest BCUT2D eigenvalue weighted by atomic mass is 10.0. The third kappa shape index (κ3) is 3.21. The Labute approximate surface area is 102 Å². The molecule has 1 aromatic carbocycles. The van der Waals surface area contributed by atoms with Crippen LogP contribution in [0.2, 0.25) is 0 Å². The van der Waals surface area contributed by atoms with Crippen molar-refractivity contribution < 1.29 is 4.74 Å². The molecule has 1 heterocycles. The number of nitriles is 1. The van der Waals surface area contributed by atoms with Crippen molar-refractivity contribution in [3.8, 4) is 11.8 Å². The number of unbranched alkanes of at least 4 members (excludes halogenated alkanes) is 2. The quantitative estimate of drug-likeness (QED) is 0.791. The maximum Gasteiger partial charge on any atom is 0.124 e. The van der Waals surface area contributed by atoms with Gasteiger partial charge in [-0.15, -0.1) is 0 Å². The number of benzene rings is 1. The van der Waals surface area contributed by atoms with E-state index in [1.807, 2.05) is 12.1 Å². The average molecular weight is 230 g/mol. The van der Waals surface area contributed by atoms with E-state index < -0.39 is 0 Å². The molecule has 0 saturated heterocycles. The van der Waals surface area contributed by atoms with Crippen LogP contribution in [0.15, 0.2) is 24.3 Å². The van der Waals surface area contributed by atoms with Gasteiger partial charge >= 0.3 is 0 Å². The summed E-state index contributed by atoms with van der Waals surface area (Å²) in [5.41, 5.74) is 1.26. The third-order valence-electron chi connectivity index (χ3n) is 3.06. The number of rotatable bonds is 5. The Bertz CT molecular complexity index is 397. The molecule has 3 nitrogen and oxygen atoms in total. The van der Waals surface area contributed by atoms with E-state index in [1.54, 1.807) is 0 Å². The highest BCUT2D eigenvalue weighted by molar-refractivity contribution is 5.37. The largest absolute Gasteiger partial charge is 0.493 e. The highest BCUT2D eigenvalue weighted by Gasteiger charge is 2.19. The van der Waals surface area contributed by atoms with Gasteiger partial charge in [0.1, 0.15) is 5.75 Å². The van der Waals surface area contributed by atoms with Crippen LogP contribution in [0.25, 0.3) is 0 Å². The van der Waals surface area contributed by atoms with E-state index in [1.165, 1.54) is 5.56 Å². The van der Waals surface area contributed by atoms with Gasteiger partial charge in [-0.05, 0) is 25.5 Å². The number of nitrogens with one attached hydrogen (secondary N) is 1. The summed E-state index contributed by atoms with van der Waals surface area (Å²) < 4.78 is 5.62. The molecule has 17 heavy (non-hydrogen) atoms. The van der Waals surface area contributed by atoms with Crippen LogP contribution in [0.3, 0.4) is 0 Å². The van der Waals surface area contributed by atoms with Crippen LogP contribution in [-0.4, -0.2) is 13.2 Å². The topological polar surface area (TPSA) is 45.0 Å². The molecule has 0 spiro atoms. The second-order valence-electron chi connectivity index (χ2n) is 4.30. The zero-order valence-corrected chi connectivity index (χ0v) is 9.98. The van der Waals surface area contributed by atoms with Crippen molar-refractivity contribution >= 4 is 0 Å². The fourth-order valence-electron chi connectivity index (χ4n) is 2.16. The molecule has 3 heteroatoms. The maximum atomic E-state index is 8.46. The molecule has 0 amide bonds. The summed E-state index contributed by atoms with van der Waals surface area (Å²) in [7, 11) is 0. The standard InChI is InChI=1S/C14H18N2O/c15-9-4-1-5-10-16-13-8-11-17-14-7-3-2-6-12(13)14/h2-3,6-7,13,16H,1,4-5,8,10-11H2. The molecule has 1 unspecified atom stereocenters. The molecule has 1 aliphatic heterocycles. The lowest BCUT2D eigenvalue weighted by Crippen LogP contribution is -2.27. The maximum absolute atomic E-state index is 8.46. The predicted octanol–water partition coefficient (Wildman–Crippen LogP) is 2.79. The Kier molecular flexibility index (Phi) is 4.40. The van der Waals surface area contributed by atoms with Gasteiger partial charge in [-0.2, -0.15) is 5.26 Å². The first-order valence-electron chi connectivity index (χ1n) is 6.24. The van der Waals surface area contributed by atoms with Gasteiger partial charge in [-0.1, -0.05) is 18.2 Å². The van der Waals surface area contributed by atoms with Crippen LogP contribution >= 0.6 is 0 Å². The van der Waals surface area contributed by atoms with Crippen LogP contribution < -0.4 is 10.1 Å². The van der Waals surface area contributed by atoms with Crippen LogP contribution in [-0.2, 0) is 0 Å². The highest BCUT2D eigenvalue weighted by atomic mass is 16.5. The summed E-state index contributed by atoms with van der Waals surface area (Å²) in [5, 5.41) is 12.0. The Morgan fingerprint density at radius 1 is 1.35 bits per heavy atom. The van der Waals surface area contributed by atoms with Gasteiger partial charge in [0, 0.05) is 24.4 Å². The number of hydrogen-bond acceptors (Lipinski definition) is 3. The minimum atomic E-state index is 0.405. The van der Waals surface area contributed by atoms with Crippen molar-refractivity contribution in [2.45, 2.75) is 31.7 Å². The number of para-hydroxylation sites is 1. The molecular formula is C14H18N2O. The highest BCUT2D eigenvalue weighted by Crippen LogP contribution is 2.31. The van der Waals surface area contributed by atoms with Gasteiger partial charge in [-0.25, -0.2) is 0 Å². The molecule has 1 aliphatic rings. The molecule has 90 valence electrons. The van der Waals surface area contributed by atoms with E-state index in [0.717, 1.165) is 38.2 Å². The van der Waals surface area contributed by atoms with E-state index in [0.29, 0.717) is 12.5 Å². The zero-order chi connectivity index (χ0) is 11.9. The zero-order valence-electron chi connectivity index (χ0n) is 9.98. The number of fused-ring (bicyclic) bond motifs is 1. The van der Waals surface area contributed by atoms with E-state index in [4.69, 9.17) is 10.00 Å². The van der Waals surface area contributed by atoms with E-state index >= 15 is 0 Å². The first-order valence-corrected chi connectivity index (χ1v) is 6.24. The van der Waals surface area contributed by atoms with E-state index in [2.05, 4.69) is 23.5 Å². The van der Waals surface area contributed by atoms with Crippen molar-refractivity contribution in [1.29, 1.82) is 5.26 Å². The molecular weight excluding hydrogens is 212 g/mol. The third-order valence-corrected chi connectivity index (χ3v) is 3.06. The Balaban J connectivity index is 1.84. The summed E-state index contributed by atoms with van der Waals surface area (Å²) in [6, 6.07) is 10.8. The van der Waals surface area contributed by atoms with Gasteiger partial charge in [0.2, 0.25) is 0 Å². The smallest absolute Gasteiger partial charge is 0.124 e. The Morgan fingerprint density at radius 2 is 2.24 bits per heavy atom. The lowest BCUT2D eigenvalue weighted by Gasteiger charge is -2.26. The first kappa shape index (κ1) is 11.9. The summed E-state index contributed by atoms with van der Waals surface area (Å²) in [4.78, 5) is 0. The second-order valence-corrected chi connectivity index (χ2v) is 4.30. The molecule has 0 aromatic heterocycles. The molecule has 0 aliphatic carbocycles. The Hall–Kier alpha value is -1.53. The molecule has 0 fully saturated rings. The summed E-state index contributed by atoms with van der Waals surface area (Å²) in [6.45, 7) is 1.76. The van der Waals surface area contributed by atoms with Crippen molar-refractivity contribution in [2.24, 2.45) is 0 Å². The van der Waals surface area contributed by atoms with Gasteiger partial charge in [0.15, 0.2) is 0 Å². The first-order chi connectivity index (χ1) is 8.42. The van der Waals surface area contributed by atoms with Crippen molar-refractivity contribution in [3.05, 3.63) is 29.8 Å². The van der Waals surface area contributed by atoms with Crippen molar-refractivity contribution in [1.82, 2.24) is 5.32 Å². The van der Waals surface area contributed by atoms with Gasteiger partial charge in [-0.3, -0.25) is 0 Å². The second kappa shape index (κ2) is 6.27. The van der Waals surface area contributed by atoms with Crippen LogP contribution in [0.5, 0.6) is 5.75 Å². The number of hydrogen-bond donors (Lipinski definition) is 1. The molecule has 0 radical (unpaired) electrons. The van der Waals surface area contributed by atoms with Crippen LogP contribution in [0, 0.1) is 11.3 Å². The fourth-order valence-corrected chi connectivity index (χ4v) is 2.16. The van der Waals surface area contributed by atoms with Crippen molar-refractivity contribution in [3.63, 3.8) is 0 Å². The van der Waals surface area contributed by atoms with E-state index in [-0.39, 0.29) is 0 Å². The van der Waals surface area contributed by atoms with Crippen LogP contribution in [0.1, 0.15) is 37.3 Å². The lowest BCUT2D eigenvalue weighted by molar-refractivity contribution is 0.252. The minimum absolute atomic E-state index is 0.405. The molecule has 1 atom stereocenters. The molecule has 1 N–H and O–H groups in total. The summed E-state index contributed by atoms with van der Waals surface area (Å²) in [5.74, 6) is 1.01. The Morgan fingerprint density at radius 3 is 3.12 bits per heavy atom. The van der Waals surface area contributed by atoms with Crippen molar-refractivity contribution in [2.75, 3.05) is 13.2 Å². The minimum Gasteiger partial charge on any atom is -0.493 e. The summed E-state index contributed by atoms with van der Waals surface area (Å²) >= 11 is 0. The molecule has 2 rings (SSSR count). The molecule has 0 bridgehead atoms. The van der Waals surface area contributed by atoms with Gasteiger partial charge in [0.05, 0.1) is 12.7 Å². The normalized spacial score (nSPS) is 17.9. The molecule has 0 saturated carbocycles. The number of ether oxygens (including phenoxy) is 1. The fraction of sp³-hybridized carbons (Fsp3) is 0.500. The SMILES string of the molecule is N#CCCCCNC1CCOc2ccccc21. The van der Waals surface area contributed by atoms with Gasteiger partial charge in [0.25, 0.3) is 0 Å².